The molecule has 2 aromatic rings. The maximum Gasteiger partial charge on any atom is 0.182 e. The Morgan fingerprint density at radius 1 is 1.03 bits per heavy atom. The molecule has 5 nitrogen and oxygen atoms in total. The predicted molar refractivity (Wildman–Crippen MR) is 113 cm³/mol. The highest BCUT2D eigenvalue weighted by molar-refractivity contribution is 7.91. The van der Waals surface area contributed by atoms with Crippen molar-refractivity contribution in [3.05, 3.63) is 58.7 Å². The van der Waals surface area contributed by atoms with Crippen molar-refractivity contribution in [3.8, 4) is 5.75 Å². The minimum absolute atomic E-state index is 0.198. The third-order valence-corrected chi connectivity index (χ3v) is 8.30. The molecule has 3 heterocycles. The first-order valence-electron chi connectivity index (χ1n) is 10.6. The van der Waals surface area contributed by atoms with Gasteiger partial charge in [0.05, 0.1) is 12.4 Å². The predicted octanol–water partition coefficient (Wildman–Crippen LogP) is 2.91. The first-order valence-corrected chi connectivity index (χ1v) is 12.3. The van der Waals surface area contributed by atoms with Crippen molar-refractivity contribution in [1.29, 1.82) is 0 Å². The van der Waals surface area contributed by atoms with E-state index < -0.39 is 9.84 Å². The zero-order valence-corrected chi connectivity index (χ0v) is 17.5. The van der Waals surface area contributed by atoms with Crippen molar-refractivity contribution >= 4 is 9.84 Å². The van der Waals surface area contributed by atoms with Gasteiger partial charge in [0.2, 0.25) is 0 Å². The Kier molecular flexibility index (Phi) is 5.10. The molecule has 0 unspecified atom stereocenters. The van der Waals surface area contributed by atoms with E-state index in [0.717, 1.165) is 56.7 Å². The van der Waals surface area contributed by atoms with E-state index in [0.29, 0.717) is 29.6 Å². The summed E-state index contributed by atoms with van der Waals surface area (Å²) in [6, 6.07) is 12.5. The number of piperidine rings is 1. The maximum atomic E-state index is 12.8. The highest BCUT2D eigenvalue weighted by Gasteiger charge is 2.33. The van der Waals surface area contributed by atoms with Gasteiger partial charge in [-0.25, -0.2) is 8.42 Å². The number of hydrogen-bond donors (Lipinski definition) is 1. The van der Waals surface area contributed by atoms with Crippen LogP contribution in [0.3, 0.4) is 0 Å². The Morgan fingerprint density at radius 3 is 2.48 bits per heavy atom. The molecule has 0 aliphatic carbocycles. The molecule has 0 aromatic heterocycles. The molecule has 0 spiro atoms. The second-order valence-electron chi connectivity index (χ2n) is 8.52. The molecule has 0 amide bonds. The van der Waals surface area contributed by atoms with Crippen LogP contribution in [0.1, 0.15) is 35.1 Å². The van der Waals surface area contributed by atoms with Crippen LogP contribution in [-0.2, 0) is 35.9 Å². The lowest BCUT2D eigenvalue weighted by Gasteiger charge is -2.23. The largest absolute Gasteiger partial charge is 0.492 e. The quantitative estimate of drug-likeness (QED) is 0.818. The molecule has 2 aromatic carbocycles. The number of rotatable bonds is 5. The smallest absolute Gasteiger partial charge is 0.182 e. The summed E-state index contributed by atoms with van der Waals surface area (Å²) in [5.41, 5.74) is 4.85. The summed E-state index contributed by atoms with van der Waals surface area (Å²) < 4.78 is 31.7. The summed E-state index contributed by atoms with van der Waals surface area (Å²) in [6.07, 6.45) is 2.77. The second-order valence-corrected chi connectivity index (χ2v) is 10.6. The van der Waals surface area contributed by atoms with Gasteiger partial charge in [0.1, 0.15) is 10.6 Å². The lowest BCUT2D eigenvalue weighted by molar-refractivity contribution is 0.211. The van der Waals surface area contributed by atoms with Gasteiger partial charge < -0.3 is 10.1 Å². The molecule has 5 rings (SSSR count). The van der Waals surface area contributed by atoms with E-state index in [2.05, 4.69) is 40.5 Å². The van der Waals surface area contributed by atoms with Gasteiger partial charge in [-0.2, -0.15) is 0 Å². The van der Waals surface area contributed by atoms with Gasteiger partial charge in [0.15, 0.2) is 9.84 Å². The van der Waals surface area contributed by atoms with Gasteiger partial charge in [-0.15, -0.1) is 0 Å². The molecule has 1 N–H and O–H groups in total. The molecular weight excluding hydrogens is 384 g/mol. The van der Waals surface area contributed by atoms with Crippen molar-refractivity contribution in [2.24, 2.45) is 5.92 Å². The standard InChI is InChI=1S/C23H28N2O3S/c26-29(27)12-9-21-20(15-25-13-18-3-1-2-4-19(18)14-25)5-6-22(23(21)29)28-16-17-7-10-24-11-8-17/h1-6,17,24H,7-16H2. The zero-order chi connectivity index (χ0) is 19.8. The van der Waals surface area contributed by atoms with Gasteiger partial charge in [0.25, 0.3) is 0 Å². The molecule has 0 bridgehead atoms. The minimum atomic E-state index is -3.25. The van der Waals surface area contributed by atoms with Crippen LogP contribution in [0.5, 0.6) is 5.75 Å². The van der Waals surface area contributed by atoms with Crippen LogP contribution >= 0.6 is 0 Å². The fraction of sp³-hybridized carbons (Fsp3) is 0.478. The summed E-state index contributed by atoms with van der Waals surface area (Å²) in [5.74, 6) is 1.26. The number of sulfone groups is 1. The Morgan fingerprint density at radius 2 is 1.76 bits per heavy atom. The number of nitrogens with zero attached hydrogens (tertiary/aromatic N) is 1. The topological polar surface area (TPSA) is 58.6 Å². The summed E-state index contributed by atoms with van der Waals surface area (Å²) in [7, 11) is -3.25. The SMILES string of the molecule is O=S1(=O)CCc2c(CN3Cc4ccccc4C3)ccc(OCC3CCNCC3)c21. The fourth-order valence-electron chi connectivity index (χ4n) is 4.87. The van der Waals surface area contributed by atoms with E-state index >= 15 is 0 Å². The van der Waals surface area contributed by atoms with Crippen LogP contribution in [0.2, 0.25) is 0 Å². The number of fused-ring (bicyclic) bond motifs is 2. The van der Waals surface area contributed by atoms with Crippen LogP contribution in [0.25, 0.3) is 0 Å². The van der Waals surface area contributed by atoms with Gasteiger partial charge in [-0.05, 0) is 66.6 Å². The van der Waals surface area contributed by atoms with Gasteiger partial charge in [-0.3, -0.25) is 4.90 Å². The molecule has 0 atom stereocenters. The number of ether oxygens (including phenoxy) is 1. The number of benzene rings is 2. The summed E-state index contributed by atoms with van der Waals surface area (Å²) >= 11 is 0. The number of nitrogens with one attached hydrogen (secondary N) is 1. The fourth-order valence-corrected chi connectivity index (χ4v) is 6.59. The van der Waals surface area contributed by atoms with Crippen molar-refractivity contribution in [3.63, 3.8) is 0 Å². The van der Waals surface area contributed by atoms with E-state index in [9.17, 15) is 8.42 Å². The Balaban J connectivity index is 1.37. The van der Waals surface area contributed by atoms with Gasteiger partial charge in [-0.1, -0.05) is 30.3 Å². The highest BCUT2D eigenvalue weighted by atomic mass is 32.2. The van der Waals surface area contributed by atoms with E-state index in [4.69, 9.17) is 4.74 Å². The van der Waals surface area contributed by atoms with Crippen LogP contribution in [-0.4, -0.2) is 38.8 Å². The number of hydrogen-bond acceptors (Lipinski definition) is 5. The van der Waals surface area contributed by atoms with E-state index in [1.54, 1.807) is 0 Å². The van der Waals surface area contributed by atoms with E-state index in [-0.39, 0.29) is 5.75 Å². The molecule has 1 saturated heterocycles. The zero-order valence-electron chi connectivity index (χ0n) is 16.7. The summed E-state index contributed by atoms with van der Waals surface area (Å²) in [5, 5.41) is 3.36. The molecule has 154 valence electrons. The Bertz CT molecular complexity index is 988. The first kappa shape index (κ1) is 19.1. The van der Waals surface area contributed by atoms with Crippen LogP contribution < -0.4 is 10.1 Å². The van der Waals surface area contributed by atoms with Gasteiger partial charge >= 0.3 is 0 Å². The minimum Gasteiger partial charge on any atom is -0.492 e. The molecule has 6 heteroatoms. The van der Waals surface area contributed by atoms with Crippen molar-refractivity contribution in [2.75, 3.05) is 25.4 Å². The van der Waals surface area contributed by atoms with Crippen molar-refractivity contribution in [2.45, 2.75) is 43.8 Å². The molecule has 3 aliphatic rings. The second kappa shape index (κ2) is 7.74. The van der Waals surface area contributed by atoms with E-state index in [1.807, 2.05) is 6.07 Å². The molecule has 29 heavy (non-hydrogen) atoms. The highest BCUT2D eigenvalue weighted by Crippen LogP contribution is 2.38. The summed E-state index contributed by atoms with van der Waals surface area (Å²) in [6.45, 7) is 5.26. The summed E-state index contributed by atoms with van der Waals surface area (Å²) in [4.78, 5) is 2.85. The third-order valence-electron chi connectivity index (χ3n) is 6.49. The maximum absolute atomic E-state index is 12.8. The van der Waals surface area contributed by atoms with Crippen LogP contribution in [0, 0.1) is 5.92 Å². The van der Waals surface area contributed by atoms with Crippen LogP contribution in [0.15, 0.2) is 41.3 Å². The Hall–Kier alpha value is -1.89. The van der Waals surface area contributed by atoms with Crippen molar-refractivity contribution < 1.29 is 13.2 Å². The molecule has 3 aliphatic heterocycles. The molecule has 1 fully saturated rings. The monoisotopic (exact) mass is 412 g/mol. The average molecular weight is 413 g/mol. The van der Waals surface area contributed by atoms with E-state index in [1.165, 1.54) is 11.1 Å². The van der Waals surface area contributed by atoms with Gasteiger partial charge in [0, 0.05) is 19.6 Å². The normalized spacial score (nSPS) is 21.1. The van der Waals surface area contributed by atoms with Crippen molar-refractivity contribution in [1.82, 2.24) is 10.2 Å². The average Bonchev–Trinajstić information content (AvgIpc) is 3.28. The first-order chi connectivity index (χ1) is 14.1. The molecular formula is C23H28N2O3S. The lowest BCUT2D eigenvalue weighted by atomic mass is 9.99. The molecule has 0 saturated carbocycles. The third kappa shape index (κ3) is 3.81. The lowest BCUT2D eigenvalue weighted by Crippen LogP contribution is -2.30. The molecule has 0 radical (unpaired) electrons. The Labute approximate surface area is 173 Å². The van der Waals surface area contributed by atoms with Crippen LogP contribution in [0.4, 0.5) is 0 Å².